The number of hydrogen-bond acceptors (Lipinski definition) is 6. The van der Waals surface area contributed by atoms with E-state index >= 15 is 0 Å². The zero-order valence-corrected chi connectivity index (χ0v) is 17.5. The highest BCUT2D eigenvalue weighted by molar-refractivity contribution is 7.89. The average molecular weight is 410 g/mol. The Kier molecular flexibility index (Phi) is 6.39. The minimum atomic E-state index is -3.32. The van der Waals surface area contributed by atoms with Crippen LogP contribution in [0.15, 0.2) is 30.6 Å². The topological polar surface area (TPSA) is 82.9 Å². The number of aromatic nitrogens is 2. The zero-order valence-electron chi connectivity index (χ0n) is 16.7. The van der Waals surface area contributed by atoms with E-state index in [2.05, 4.69) is 4.98 Å². The Hall–Kier alpha value is -1.94. The minimum Gasteiger partial charge on any atom is -0.496 e. The van der Waals surface area contributed by atoms with Gasteiger partial charge in [-0.2, -0.15) is 0 Å². The van der Waals surface area contributed by atoms with Crippen LogP contribution in [0.5, 0.6) is 5.75 Å². The highest BCUT2D eigenvalue weighted by atomic mass is 32.2. The van der Waals surface area contributed by atoms with Crippen molar-refractivity contribution in [1.82, 2.24) is 13.9 Å². The largest absolute Gasteiger partial charge is 0.496 e. The summed E-state index contributed by atoms with van der Waals surface area (Å²) in [6.07, 6.45) is 3.61. The lowest BCUT2D eigenvalue weighted by molar-refractivity contribution is 0.181. The van der Waals surface area contributed by atoms with Gasteiger partial charge in [-0.1, -0.05) is 0 Å². The summed E-state index contributed by atoms with van der Waals surface area (Å²) in [6, 6.07) is 5.72. The predicted molar refractivity (Wildman–Crippen MR) is 106 cm³/mol. The molecule has 0 bridgehead atoms. The van der Waals surface area contributed by atoms with Crippen molar-refractivity contribution in [2.75, 3.05) is 47.3 Å². The number of nitrogens with zero attached hydrogens (tertiary/aromatic N) is 3. The Balaban J connectivity index is 1.92. The second-order valence-electron chi connectivity index (χ2n) is 7.04. The molecule has 154 valence electrons. The number of methoxy groups -OCH3 is 2. The molecule has 1 fully saturated rings. The molecule has 0 N–H and O–H groups in total. The van der Waals surface area contributed by atoms with Gasteiger partial charge in [0, 0.05) is 50.6 Å². The van der Waals surface area contributed by atoms with Crippen LogP contribution in [0.1, 0.15) is 11.6 Å². The van der Waals surface area contributed by atoms with E-state index in [4.69, 9.17) is 14.2 Å². The third-order valence-electron chi connectivity index (χ3n) is 5.01. The first-order valence-electron chi connectivity index (χ1n) is 9.04. The van der Waals surface area contributed by atoms with Gasteiger partial charge in [-0.05, 0) is 18.2 Å². The molecule has 0 spiro atoms. The van der Waals surface area contributed by atoms with E-state index in [-0.39, 0.29) is 17.7 Å². The zero-order chi connectivity index (χ0) is 20.3. The molecule has 1 aliphatic heterocycles. The van der Waals surface area contributed by atoms with Gasteiger partial charge in [-0.15, -0.1) is 0 Å². The molecule has 0 radical (unpaired) electrons. The van der Waals surface area contributed by atoms with Gasteiger partial charge in [-0.3, -0.25) is 0 Å². The van der Waals surface area contributed by atoms with Crippen LogP contribution in [-0.2, 0) is 26.1 Å². The molecule has 2 aromatic rings. The molecule has 8 nitrogen and oxygen atoms in total. The number of sulfonamides is 1. The lowest BCUT2D eigenvalue weighted by Crippen LogP contribution is -2.32. The van der Waals surface area contributed by atoms with Crippen molar-refractivity contribution >= 4 is 10.0 Å². The van der Waals surface area contributed by atoms with Gasteiger partial charge in [-0.25, -0.2) is 17.7 Å². The highest BCUT2D eigenvalue weighted by Gasteiger charge is 2.35. The second kappa shape index (κ2) is 8.60. The Morgan fingerprint density at radius 3 is 2.75 bits per heavy atom. The van der Waals surface area contributed by atoms with Gasteiger partial charge in [0.2, 0.25) is 10.0 Å². The fourth-order valence-electron chi connectivity index (χ4n) is 3.46. The normalized spacial score (nSPS) is 20.0. The van der Waals surface area contributed by atoms with Gasteiger partial charge in [0.05, 0.1) is 38.7 Å². The third-order valence-corrected chi connectivity index (χ3v) is 6.97. The van der Waals surface area contributed by atoms with Crippen LogP contribution in [0.3, 0.4) is 0 Å². The number of rotatable bonds is 8. The molecule has 0 unspecified atom stereocenters. The van der Waals surface area contributed by atoms with Crippen LogP contribution < -0.4 is 4.74 Å². The molecule has 0 aliphatic carbocycles. The Labute approximate surface area is 166 Å². The van der Waals surface area contributed by atoms with Gasteiger partial charge >= 0.3 is 0 Å². The molecule has 1 aromatic heterocycles. The van der Waals surface area contributed by atoms with Crippen LogP contribution in [0.25, 0.3) is 11.4 Å². The molecule has 2 heterocycles. The maximum Gasteiger partial charge on any atom is 0.214 e. The summed E-state index contributed by atoms with van der Waals surface area (Å²) in [5.41, 5.74) is 1.84. The first-order valence-corrected chi connectivity index (χ1v) is 10.6. The predicted octanol–water partition coefficient (Wildman–Crippen LogP) is 1.78. The summed E-state index contributed by atoms with van der Waals surface area (Å²) in [4.78, 5) is 4.52. The van der Waals surface area contributed by atoms with E-state index in [9.17, 15) is 8.42 Å². The van der Waals surface area contributed by atoms with Crippen LogP contribution in [0, 0.1) is 5.92 Å². The molecule has 1 aliphatic rings. The van der Waals surface area contributed by atoms with Crippen LogP contribution in [-0.4, -0.2) is 69.6 Å². The second-order valence-corrected chi connectivity index (χ2v) is 9.27. The Bertz CT molecular complexity index is 910. The van der Waals surface area contributed by atoms with E-state index in [1.54, 1.807) is 34.5 Å². The molecule has 28 heavy (non-hydrogen) atoms. The summed E-state index contributed by atoms with van der Waals surface area (Å²) in [6.45, 7) is 1.29. The van der Waals surface area contributed by atoms with Crippen LogP contribution in [0.4, 0.5) is 0 Å². The van der Waals surface area contributed by atoms with E-state index in [0.717, 1.165) is 22.7 Å². The van der Waals surface area contributed by atoms with Crippen molar-refractivity contribution in [2.24, 2.45) is 5.92 Å². The summed E-state index contributed by atoms with van der Waals surface area (Å²) in [5, 5.41) is 0. The lowest BCUT2D eigenvalue weighted by atomic mass is 10.0. The van der Waals surface area contributed by atoms with E-state index in [1.807, 2.05) is 29.0 Å². The quantitative estimate of drug-likeness (QED) is 0.661. The molecule has 2 atom stereocenters. The van der Waals surface area contributed by atoms with Gasteiger partial charge < -0.3 is 18.8 Å². The first-order chi connectivity index (χ1) is 13.4. The van der Waals surface area contributed by atoms with Gasteiger partial charge in [0.25, 0.3) is 0 Å². The number of hydrogen-bond donors (Lipinski definition) is 0. The summed E-state index contributed by atoms with van der Waals surface area (Å²) >= 11 is 0. The minimum absolute atomic E-state index is 0.0415. The lowest BCUT2D eigenvalue weighted by Gasteiger charge is -2.23. The molecule has 3 rings (SSSR count). The molecule has 0 saturated carbocycles. The first kappa shape index (κ1) is 20.8. The monoisotopic (exact) mass is 409 g/mol. The van der Waals surface area contributed by atoms with Crippen molar-refractivity contribution < 1.29 is 22.6 Å². The molecule has 9 heteroatoms. The molecule has 1 saturated heterocycles. The average Bonchev–Trinajstić information content (AvgIpc) is 3.30. The summed E-state index contributed by atoms with van der Waals surface area (Å²) in [7, 11) is 3.05. The van der Waals surface area contributed by atoms with Crippen molar-refractivity contribution in [3.63, 3.8) is 0 Å². The van der Waals surface area contributed by atoms with Crippen LogP contribution in [0.2, 0.25) is 0 Å². The fourth-order valence-corrected chi connectivity index (χ4v) is 4.62. The molecule has 0 amide bonds. The molecular formula is C19H27N3O5S. The van der Waals surface area contributed by atoms with E-state index in [0.29, 0.717) is 19.8 Å². The molecular weight excluding hydrogens is 382 g/mol. The highest BCUT2D eigenvalue weighted by Crippen LogP contribution is 2.33. The van der Waals surface area contributed by atoms with E-state index in [1.165, 1.54) is 4.31 Å². The number of imidazole rings is 1. The maximum absolute atomic E-state index is 12.4. The van der Waals surface area contributed by atoms with Crippen LogP contribution >= 0.6 is 0 Å². The number of benzene rings is 1. The SMILES string of the molecule is COCc1cc(-c2nccn2[C@@H]2COC[C@@H]2CS(=O)(=O)N(C)C)ccc1OC. The van der Waals surface area contributed by atoms with Crippen molar-refractivity contribution in [2.45, 2.75) is 12.6 Å². The summed E-state index contributed by atoms with van der Waals surface area (Å²) < 4.78 is 44.3. The van der Waals surface area contributed by atoms with Crippen molar-refractivity contribution in [3.8, 4) is 17.1 Å². The summed E-state index contributed by atoms with van der Waals surface area (Å²) in [5.74, 6) is 1.42. The number of ether oxygens (including phenoxy) is 3. The smallest absolute Gasteiger partial charge is 0.214 e. The van der Waals surface area contributed by atoms with Gasteiger partial charge in [0.1, 0.15) is 11.6 Å². The Morgan fingerprint density at radius 1 is 1.29 bits per heavy atom. The van der Waals surface area contributed by atoms with Gasteiger partial charge in [0.15, 0.2) is 0 Å². The van der Waals surface area contributed by atoms with Crippen molar-refractivity contribution in [3.05, 3.63) is 36.2 Å². The molecule has 1 aromatic carbocycles. The third kappa shape index (κ3) is 4.22. The standard InChI is InChI=1S/C19H27N3O5S/c1-21(2)28(23,24)13-16-11-27-12-17(16)22-8-7-20-19(22)14-5-6-18(26-4)15(9-14)10-25-3/h5-9,16-17H,10-13H2,1-4H3/t16-,17-/m1/s1. The maximum atomic E-state index is 12.4. The van der Waals surface area contributed by atoms with E-state index < -0.39 is 10.0 Å². The van der Waals surface area contributed by atoms with Crippen molar-refractivity contribution in [1.29, 1.82) is 0 Å². The fraction of sp³-hybridized carbons (Fsp3) is 0.526. The Morgan fingerprint density at radius 2 is 2.07 bits per heavy atom.